The van der Waals surface area contributed by atoms with Crippen molar-refractivity contribution in [3.05, 3.63) is 52.3 Å². The van der Waals surface area contributed by atoms with Crippen molar-refractivity contribution in [3.8, 4) is 5.69 Å². The van der Waals surface area contributed by atoms with Gasteiger partial charge in [0.1, 0.15) is 0 Å². The average Bonchev–Trinajstić information content (AvgIpc) is 2.80. The van der Waals surface area contributed by atoms with Gasteiger partial charge in [0.2, 0.25) is 5.96 Å². The van der Waals surface area contributed by atoms with Crippen LogP contribution in [0, 0.1) is 6.92 Å². The predicted molar refractivity (Wildman–Crippen MR) is 107 cm³/mol. The fraction of sp³-hybridized carbons (Fsp3) is 0.368. The zero-order valence-electron chi connectivity index (χ0n) is 15.3. The van der Waals surface area contributed by atoms with E-state index in [4.69, 9.17) is 23.1 Å². The maximum absolute atomic E-state index is 6.42. The molecule has 2 rings (SSSR count). The van der Waals surface area contributed by atoms with E-state index >= 15 is 0 Å². The minimum atomic E-state index is -0.0439. The van der Waals surface area contributed by atoms with Gasteiger partial charge in [0.25, 0.3) is 0 Å². The van der Waals surface area contributed by atoms with Crippen molar-refractivity contribution in [1.29, 1.82) is 0 Å². The van der Waals surface area contributed by atoms with E-state index < -0.39 is 0 Å². The van der Waals surface area contributed by atoms with Crippen LogP contribution in [0.25, 0.3) is 5.69 Å². The van der Waals surface area contributed by atoms with Gasteiger partial charge in [0, 0.05) is 23.3 Å². The highest BCUT2D eigenvalue weighted by molar-refractivity contribution is 6.31. The zero-order chi connectivity index (χ0) is 18.6. The molecule has 0 saturated carbocycles. The number of benzene rings is 1. The Morgan fingerprint density at radius 1 is 1.24 bits per heavy atom. The molecule has 0 unspecified atom stereocenters. The Morgan fingerprint density at radius 3 is 2.56 bits per heavy atom. The van der Waals surface area contributed by atoms with Crippen LogP contribution in [0.3, 0.4) is 0 Å². The molecule has 0 spiro atoms. The summed E-state index contributed by atoms with van der Waals surface area (Å²) in [5.74, 6) is -0.0439. The van der Waals surface area contributed by atoms with Crippen molar-refractivity contribution in [2.45, 2.75) is 46.0 Å². The zero-order valence-corrected chi connectivity index (χ0v) is 16.0. The first-order valence-electron chi connectivity index (χ1n) is 8.29. The molecule has 0 radical (unpaired) electrons. The number of nitrogens with two attached hydrogens (primary N) is 2. The Kier molecular flexibility index (Phi) is 5.90. The van der Waals surface area contributed by atoms with Crippen molar-refractivity contribution in [1.82, 2.24) is 4.57 Å². The lowest BCUT2D eigenvalue weighted by atomic mass is 9.85. The molecule has 25 heavy (non-hydrogen) atoms. The lowest BCUT2D eigenvalue weighted by molar-refractivity contribution is 0.585. The van der Waals surface area contributed by atoms with Crippen molar-refractivity contribution in [3.63, 3.8) is 0 Å². The van der Waals surface area contributed by atoms with Gasteiger partial charge in [0.15, 0.2) is 0 Å². The molecular formula is C19H26ClN5. The number of nitrogens with zero attached hydrogens (tertiary/aromatic N) is 3. The number of aromatic nitrogens is 1. The second-order valence-corrected chi connectivity index (χ2v) is 7.44. The van der Waals surface area contributed by atoms with E-state index in [1.165, 1.54) is 5.56 Å². The summed E-state index contributed by atoms with van der Waals surface area (Å²) in [7, 11) is 0. The van der Waals surface area contributed by atoms with E-state index in [9.17, 15) is 0 Å². The molecule has 0 amide bonds. The molecule has 6 heteroatoms. The van der Waals surface area contributed by atoms with E-state index in [0.717, 1.165) is 28.5 Å². The normalized spacial score (nSPS) is 11.9. The third-order valence-corrected chi connectivity index (χ3v) is 4.38. The van der Waals surface area contributed by atoms with Crippen LogP contribution in [0.1, 0.15) is 44.1 Å². The largest absolute Gasteiger partial charge is 0.369 e. The molecule has 134 valence electrons. The van der Waals surface area contributed by atoms with E-state index in [1.54, 1.807) is 6.21 Å². The molecule has 0 bridgehead atoms. The van der Waals surface area contributed by atoms with Crippen LogP contribution in [0.5, 0.6) is 0 Å². The average molecular weight is 360 g/mol. The summed E-state index contributed by atoms with van der Waals surface area (Å²) in [5.41, 5.74) is 15.2. The number of rotatable bonds is 5. The molecule has 1 aromatic heterocycles. The second kappa shape index (κ2) is 7.74. The molecule has 0 fully saturated rings. The van der Waals surface area contributed by atoms with Gasteiger partial charge in [-0.25, -0.2) is 0 Å². The minimum absolute atomic E-state index is 0.0336. The molecule has 0 saturated heterocycles. The second-order valence-electron chi connectivity index (χ2n) is 7.03. The van der Waals surface area contributed by atoms with E-state index in [1.807, 2.05) is 13.0 Å². The first-order valence-corrected chi connectivity index (χ1v) is 8.66. The summed E-state index contributed by atoms with van der Waals surface area (Å²) in [6.07, 6.45) is 3.21. The summed E-state index contributed by atoms with van der Waals surface area (Å²) < 4.78 is 2.23. The first kappa shape index (κ1) is 19.1. The Labute approximate surface area is 154 Å². The molecule has 1 aromatic carbocycles. The van der Waals surface area contributed by atoms with Gasteiger partial charge in [-0.3, -0.25) is 0 Å². The smallest absolute Gasteiger partial charge is 0.211 e. The molecule has 2 aromatic rings. The predicted octanol–water partition coefficient (Wildman–Crippen LogP) is 3.93. The van der Waals surface area contributed by atoms with Crippen LogP contribution in [0.15, 0.2) is 40.5 Å². The summed E-state index contributed by atoms with van der Waals surface area (Å²) in [4.78, 5) is 0. The highest BCUT2D eigenvalue weighted by atomic mass is 35.5. The van der Waals surface area contributed by atoms with Crippen molar-refractivity contribution in [2.24, 2.45) is 21.7 Å². The molecule has 5 nitrogen and oxygen atoms in total. The van der Waals surface area contributed by atoms with Gasteiger partial charge in [-0.05, 0) is 42.9 Å². The van der Waals surface area contributed by atoms with E-state index in [2.05, 4.69) is 59.8 Å². The third-order valence-electron chi connectivity index (χ3n) is 4.00. The van der Waals surface area contributed by atoms with E-state index in [0.29, 0.717) is 6.42 Å². The van der Waals surface area contributed by atoms with Gasteiger partial charge < -0.3 is 16.0 Å². The summed E-state index contributed by atoms with van der Waals surface area (Å²) in [5, 5.41) is 8.22. The number of hydrogen-bond acceptors (Lipinski definition) is 2. The van der Waals surface area contributed by atoms with Gasteiger partial charge in [0.05, 0.1) is 5.02 Å². The van der Waals surface area contributed by atoms with Gasteiger partial charge in [-0.1, -0.05) is 50.6 Å². The molecule has 1 heterocycles. The molecule has 0 aliphatic heterocycles. The van der Waals surface area contributed by atoms with Crippen LogP contribution in [0.2, 0.25) is 5.02 Å². The standard InChI is InChI=1S/C19H26ClN5/c1-13-16(20)12-14(8-7-11-23-24-18(21)22)25(13)17-10-6-5-9-15(17)19(2,3)4/h5-6,9-12H,7-8H2,1-4H3,(H4,21,22,24)/b23-11+. The lowest BCUT2D eigenvalue weighted by Gasteiger charge is -2.25. The molecular weight excluding hydrogens is 334 g/mol. The van der Waals surface area contributed by atoms with Gasteiger partial charge in [-0.15, -0.1) is 5.10 Å². The molecule has 4 N–H and O–H groups in total. The highest BCUT2D eigenvalue weighted by Crippen LogP contribution is 2.33. The van der Waals surface area contributed by atoms with Crippen molar-refractivity contribution < 1.29 is 0 Å². The lowest BCUT2D eigenvalue weighted by Crippen LogP contribution is -2.21. The Morgan fingerprint density at radius 2 is 1.92 bits per heavy atom. The van der Waals surface area contributed by atoms with Crippen LogP contribution in [-0.2, 0) is 11.8 Å². The number of halogens is 1. The summed E-state index contributed by atoms with van der Waals surface area (Å²) >= 11 is 6.42. The summed E-state index contributed by atoms with van der Waals surface area (Å²) in [6.45, 7) is 8.69. The third kappa shape index (κ3) is 4.63. The molecule has 0 atom stereocenters. The number of hydrogen-bond donors (Lipinski definition) is 2. The van der Waals surface area contributed by atoms with Gasteiger partial charge >= 0.3 is 0 Å². The van der Waals surface area contributed by atoms with Crippen LogP contribution < -0.4 is 11.5 Å². The van der Waals surface area contributed by atoms with Crippen molar-refractivity contribution >= 4 is 23.8 Å². The fourth-order valence-corrected chi connectivity index (χ4v) is 3.05. The van der Waals surface area contributed by atoms with Crippen molar-refractivity contribution in [2.75, 3.05) is 0 Å². The number of guanidine groups is 1. The number of para-hydroxylation sites is 1. The Balaban J connectivity index is 2.40. The topological polar surface area (TPSA) is 81.7 Å². The highest BCUT2D eigenvalue weighted by Gasteiger charge is 2.21. The maximum Gasteiger partial charge on any atom is 0.211 e. The maximum atomic E-state index is 6.42. The molecule has 0 aliphatic carbocycles. The first-order chi connectivity index (χ1) is 11.7. The Hall–Kier alpha value is -2.27. The summed E-state index contributed by atoms with van der Waals surface area (Å²) in [6, 6.07) is 10.5. The van der Waals surface area contributed by atoms with Crippen LogP contribution in [0.4, 0.5) is 0 Å². The van der Waals surface area contributed by atoms with Crippen LogP contribution in [-0.4, -0.2) is 16.7 Å². The quantitative estimate of drug-likeness (QED) is 0.481. The van der Waals surface area contributed by atoms with E-state index in [-0.39, 0.29) is 11.4 Å². The number of aryl methyl sites for hydroxylation is 1. The monoisotopic (exact) mass is 359 g/mol. The van der Waals surface area contributed by atoms with Gasteiger partial charge in [-0.2, -0.15) is 5.10 Å². The molecule has 0 aliphatic rings. The minimum Gasteiger partial charge on any atom is -0.369 e. The SMILES string of the molecule is Cc1c(Cl)cc(CC/C=N/N=C(N)N)n1-c1ccccc1C(C)(C)C. The Bertz CT molecular complexity index is 793. The van der Waals surface area contributed by atoms with Crippen LogP contribution >= 0.6 is 11.6 Å². The fourth-order valence-electron chi connectivity index (χ4n) is 2.84.